The third-order valence-electron chi connectivity index (χ3n) is 6.27. The topological polar surface area (TPSA) is 79.3 Å². The number of anilines is 2. The van der Waals surface area contributed by atoms with Crippen LogP contribution in [0, 0.1) is 6.92 Å². The van der Waals surface area contributed by atoms with Crippen LogP contribution in [0.4, 0.5) is 11.4 Å². The number of rotatable bonds is 6. The molecule has 7 nitrogen and oxygen atoms in total. The number of methoxy groups -OCH3 is 2. The average Bonchev–Trinajstić information content (AvgIpc) is 3.14. The molecule has 1 amide bonds. The number of hydrogen-bond donors (Lipinski definition) is 1. The van der Waals surface area contributed by atoms with Gasteiger partial charge in [-0.15, -0.1) is 0 Å². The molecule has 1 fully saturated rings. The van der Waals surface area contributed by atoms with E-state index < -0.39 is 17.7 Å². The molecule has 3 aromatic rings. The first-order valence-corrected chi connectivity index (χ1v) is 11.6. The predicted octanol–water partition coefficient (Wildman–Crippen LogP) is 5.36. The summed E-state index contributed by atoms with van der Waals surface area (Å²) in [6, 6.07) is 16.9. The number of benzene rings is 3. The van der Waals surface area contributed by atoms with E-state index in [1.165, 1.54) is 31.3 Å². The Balaban J connectivity index is 1.99. The number of aliphatic hydroxyl groups excluding tert-OH is 1. The molecule has 1 heterocycles. The number of para-hydroxylation sites is 1. The first-order chi connectivity index (χ1) is 17.2. The molecule has 0 bridgehead atoms. The van der Waals surface area contributed by atoms with Crippen molar-refractivity contribution < 1.29 is 24.2 Å². The Morgan fingerprint density at radius 2 is 1.61 bits per heavy atom. The third-order valence-corrected chi connectivity index (χ3v) is 6.57. The highest BCUT2D eigenvalue weighted by Gasteiger charge is 2.47. The van der Waals surface area contributed by atoms with Crippen LogP contribution in [0.5, 0.6) is 11.5 Å². The molecule has 1 saturated heterocycles. The Kier molecular flexibility index (Phi) is 6.95. The smallest absolute Gasteiger partial charge is 0.300 e. The molecule has 0 spiro atoms. The molecule has 8 heteroatoms. The quantitative estimate of drug-likeness (QED) is 0.275. The van der Waals surface area contributed by atoms with E-state index in [9.17, 15) is 14.7 Å². The Morgan fingerprint density at radius 1 is 0.972 bits per heavy atom. The second-order valence-electron chi connectivity index (χ2n) is 8.63. The van der Waals surface area contributed by atoms with Gasteiger partial charge in [0, 0.05) is 31.5 Å². The van der Waals surface area contributed by atoms with Gasteiger partial charge < -0.3 is 19.5 Å². The summed E-state index contributed by atoms with van der Waals surface area (Å²) >= 11 is 6.34. The van der Waals surface area contributed by atoms with Gasteiger partial charge in [0.05, 0.1) is 36.4 Å². The molecule has 0 radical (unpaired) electrons. The van der Waals surface area contributed by atoms with Gasteiger partial charge in [-0.25, -0.2) is 0 Å². The SMILES string of the molecule is COc1cc(OC)c(/C(O)=C2\C(=O)C(=O)N(c3ccccc3C)C2c2ccc(N(C)C)cc2)cc1Cl. The van der Waals surface area contributed by atoms with Gasteiger partial charge in [-0.3, -0.25) is 14.5 Å². The number of ketones is 1. The van der Waals surface area contributed by atoms with Crippen LogP contribution in [0.1, 0.15) is 22.7 Å². The lowest BCUT2D eigenvalue weighted by Gasteiger charge is -2.27. The third kappa shape index (κ3) is 4.27. The molecule has 4 rings (SSSR count). The number of aliphatic hydroxyl groups is 1. The monoisotopic (exact) mass is 506 g/mol. The van der Waals surface area contributed by atoms with E-state index in [0.29, 0.717) is 17.0 Å². The Morgan fingerprint density at radius 3 is 2.19 bits per heavy atom. The largest absolute Gasteiger partial charge is 0.507 e. The van der Waals surface area contributed by atoms with Crippen LogP contribution in [0.25, 0.3) is 5.76 Å². The van der Waals surface area contributed by atoms with Crippen molar-refractivity contribution in [1.82, 2.24) is 0 Å². The zero-order valence-electron chi connectivity index (χ0n) is 20.7. The average molecular weight is 507 g/mol. The van der Waals surface area contributed by atoms with E-state index in [0.717, 1.165) is 11.3 Å². The van der Waals surface area contributed by atoms with Crippen LogP contribution in [0.15, 0.2) is 66.2 Å². The second-order valence-corrected chi connectivity index (χ2v) is 9.04. The Bertz CT molecular complexity index is 1360. The van der Waals surface area contributed by atoms with Crippen molar-refractivity contribution in [2.24, 2.45) is 0 Å². The van der Waals surface area contributed by atoms with Crippen molar-refractivity contribution in [2.75, 3.05) is 38.1 Å². The van der Waals surface area contributed by atoms with Crippen LogP contribution in [0.2, 0.25) is 5.02 Å². The van der Waals surface area contributed by atoms with E-state index in [-0.39, 0.29) is 27.7 Å². The number of halogens is 1. The van der Waals surface area contributed by atoms with Gasteiger partial charge in [0.2, 0.25) is 0 Å². The fourth-order valence-corrected chi connectivity index (χ4v) is 4.62. The van der Waals surface area contributed by atoms with Gasteiger partial charge in [0.15, 0.2) is 0 Å². The number of ether oxygens (including phenoxy) is 2. The molecule has 1 aliphatic heterocycles. The lowest BCUT2D eigenvalue weighted by atomic mass is 9.94. The number of amides is 1. The number of nitrogens with zero attached hydrogens (tertiary/aromatic N) is 2. The summed E-state index contributed by atoms with van der Waals surface area (Å²) in [5.74, 6) is -1.32. The van der Waals surface area contributed by atoms with E-state index in [4.69, 9.17) is 21.1 Å². The normalized spacial score (nSPS) is 16.8. The van der Waals surface area contributed by atoms with E-state index >= 15 is 0 Å². The number of aryl methyl sites for hydroxylation is 1. The molecule has 1 N–H and O–H groups in total. The maximum absolute atomic E-state index is 13.5. The highest BCUT2D eigenvalue weighted by molar-refractivity contribution is 6.52. The van der Waals surface area contributed by atoms with Crippen molar-refractivity contribution in [3.05, 3.63) is 87.9 Å². The number of carbonyl (C=O) groups excluding carboxylic acids is 2. The standard InChI is InChI=1S/C28H27ClN2O5/c1-16-8-6-7-9-21(16)31-25(17-10-12-18(13-11-17)30(2)3)24(27(33)28(31)34)26(32)19-14-20(29)23(36-5)15-22(19)35-4/h6-15,25,32H,1-5H3/b26-24+. The molecule has 36 heavy (non-hydrogen) atoms. The van der Waals surface area contributed by atoms with E-state index in [1.54, 1.807) is 12.1 Å². The summed E-state index contributed by atoms with van der Waals surface area (Å²) < 4.78 is 10.7. The fraction of sp³-hybridized carbons (Fsp3) is 0.214. The van der Waals surface area contributed by atoms with E-state index in [1.807, 2.05) is 62.3 Å². The number of Topliss-reactive ketones (excluding diaryl/α,β-unsaturated/α-hetero) is 1. The number of hydrogen-bond acceptors (Lipinski definition) is 6. The van der Waals surface area contributed by atoms with Crippen molar-refractivity contribution in [1.29, 1.82) is 0 Å². The summed E-state index contributed by atoms with van der Waals surface area (Å²) in [5.41, 5.74) is 3.15. The first-order valence-electron chi connectivity index (χ1n) is 11.2. The van der Waals surface area contributed by atoms with Gasteiger partial charge >= 0.3 is 0 Å². The first kappa shape index (κ1) is 25.1. The van der Waals surface area contributed by atoms with Gasteiger partial charge in [0.25, 0.3) is 11.7 Å². The van der Waals surface area contributed by atoms with Gasteiger partial charge in [-0.2, -0.15) is 0 Å². The predicted molar refractivity (Wildman–Crippen MR) is 141 cm³/mol. The van der Waals surface area contributed by atoms with Gasteiger partial charge in [-0.05, 0) is 42.3 Å². The summed E-state index contributed by atoms with van der Waals surface area (Å²) in [7, 11) is 6.75. The highest BCUT2D eigenvalue weighted by atomic mass is 35.5. The Hall–Kier alpha value is -3.97. The van der Waals surface area contributed by atoms with Crippen LogP contribution in [0.3, 0.4) is 0 Å². The van der Waals surface area contributed by atoms with E-state index in [2.05, 4.69) is 0 Å². The summed E-state index contributed by atoms with van der Waals surface area (Å²) in [5, 5.41) is 11.7. The highest BCUT2D eigenvalue weighted by Crippen LogP contribution is 2.45. The second kappa shape index (κ2) is 9.95. The molecule has 186 valence electrons. The molecular formula is C28H27ClN2O5. The zero-order chi connectivity index (χ0) is 26.1. The molecule has 0 saturated carbocycles. The van der Waals surface area contributed by atoms with Crippen molar-refractivity contribution >= 4 is 40.4 Å². The summed E-state index contributed by atoms with van der Waals surface area (Å²) in [4.78, 5) is 30.3. The minimum atomic E-state index is -0.868. The lowest BCUT2D eigenvalue weighted by molar-refractivity contribution is -0.132. The maximum atomic E-state index is 13.5. The fourth-order valence-electron chi connectivity index (χ4n) is 4.38. The lowest BCUT2D eigenvalue weighted by Crippen LogP contribution is -2.30. The van der Waals surface area contributed by atoms with Crippen LogP contribution in [-0.4, -0.2) is 45.1 Å². The molecule has 1 aliphatic rings. The molecular weight excluding hydrogens is 480 g/mol. The summed E-state index contributed by atoms with van der Waals surface area (Å²) in [6.45, 7) is 1.87. The van der Waals surface area contributed by atoms with Gasteiger partial charge in [-0.1, -0.05) is 41.9 Å². The molecule has 1 unspecified atom stereocenters. The maximum Gasteiger partial charge on any atom is 0.300 e. The van der Waals surface area contributed by atoms with Crippen LogP contribution < -0.4 is 19.3 Å². The zero-order valence-corrected chi connectivity index (χ0v) is 21.5. The minimum absolute atomic E-state index is 0.0552. The van der Waals surface area contributed by atoms with Crippen molar-refractivity contribution in [2.45, 2.75) is 13.0 Å². The molecule has 3 aromatic carbocycles. The molecule has 0 aromatic heterocycles. The Labute approximate surface area is 215 Å². The van der Waals surface area contributed by atoms with Crippen LogP contribution in [-0.2, 0) is 9.59 Å². The van der Waals surface area contributed by atoms with Crippen molar-refractivity contribution in [3.63, 3.8) is 0 Å². The van der Waals surface area contributed by atoms with Crippen molar-refractivity contribution in [3.8, 4) is 11.5 Å². The molecule has 1 atom stereocenters. The molecule has 0 aliphatic carbocycles. The van der Waals surface area contributed by atoms with Gasteiger partial charge in [0.1, 0.15) is 17.3 Å². The van der Waals surface area contributed by atoms with Crippen LogP contribution >= 0.6 is 11.6 Å². The summed E-state index contributed by atoms with van der Waals surface area (Å²) in [6.07, 6.45) is 0. The number of carbonyl (C=O) groups is 2. The minimum Gasteiger partial charge on any atom is -0.507 e.